The Labute approximate surface area is 184 Å². The lowest BCUT2D eigenvalue weighted by Gasteiger charge is -2.22. The smallest absolute Gasteiger partial charge is 0.256 e. The molecule has 6 nitrogen and oxygen atoms in total. The van der Waals surface area contributed by atoms with Gasteiger partial charge in [0.2, 0.25) is 0 Å². The van der Waals surface area contributed by atoms with Crippen LogP contribution >= 0.6 is 22.6 Å². The summed E-state index contributed by atoms with van der Waals surface area (Å²) >= 11 is 2.25. The molecule has 0 atom stereocenters. The zero-order valence-corrected chi connectivity index (χ0v) is 19.1. The number of aromatic amines is 1. The minimum atomic E-state index is -0.108. The van der Waals surface area contributed by atoms with Gasteiger partial charge in [-0.3, -0.25) is 9.59 Å². The molecule has 152 valence electrons. The van der Waals surface area contributed by atoms with Crippen LogP contribution in [0.4, 0.5) is 5.69 Å². The largest absolute Gasteiger partial charge is 0.357 e. The van der Waals surface area contributed by atoms with Crippen molar-refractivity contribution in [3.8, 4) is 0 Å². The van der Waals surface area contributed by atoms with Crippen LogP contribution in [-0.2, 0) is 11.3 Å². The number of hydrogen-bond donors (Lipinski definition) is 2. The summed E-state index contributed by atoms with van der Waals surface area (Å²) in [5.41, 5.74) is 5.82. The van der Waals surface area contributed by atoms with Crippen molar-refractivity contribution < 1.29 is 9.59 Å². The maximum atomic E-state index is 13.0. The molecule has 4 rings (SSSR count). The Bertz CT molecular complexity index is 1020. The molecule has 0 radical (unpaired) electrons. The predicted octanol–water partition coefficient (Wildman–Crippen LogP) is 3.72. The normalized spacial score (nSPS) is 16.7. The van der Waals surface area contributed by atoms with Gasteiger partial charge in [0.25, 0.3) is 11.8 Å². The molecule has 3 heterocycles. The molecule has 2 amide bonds. The highest BCUT2D eigenvalue weighted by atomic mass is 127. The summed E-state index contributed by atoms with van der Waals surface area (Å²) < 4.78 is 1.08. The van der Waals surface area contributed by atoms with E-state index in [9.17, 15) is 9.59 Å². The molecular weight excluding hydrogens is 479 g/mol. The second kappa shape index (κ2) is 7.95. The van der Waals surface area contributed by atoms with Crippen molar-refractivity contribution in [1.29, 1.82) is 0 Å². The third-order valence-electron chi connectivity index (χ3n) is 5.85. The standard InChI is InChI=1S/C22H25IN4O2/c1-4-26(5-2)8-9-27-12-19-20(22(27)29)13(3)18(24-19)11-16-15-10-14(23)6-7-17(15)25-21(16)28/h6-7,10-11,24H,4-5,8-9,12H2,1-3H3,(H,25,28)/b16-11-. The summed E-state index contributed by atoms with van der Waals surface area (Å²) in [6, 6.07) is 5.91. The Morgan fingerprint density at radius 1 is 1.24 bits per heavy atom. The number of amides is 2. The molecule has 2 aromatic rings. The van der Waals surface area contributed by atoms with Crippen LogP contribution in [0.5, 0.6) is 0 Å². The molecule has 2 N–H and O–H groups in total. The molecule has 0 aliphatic carbocycles. The average molecular weight is 504 g/mol. The second-order valence-corrected chi connectivity index (χ2v) is 8.72. The number of hydrogen-bond acceptors (Lipinski definition) is 3. The predicted molar refractivity (Wildman–Crippen MR) is 124 cm³/mol. The van der Waals surface area contributed by atoms with E-state index >= 15 is 0 Å². The van der Waals surface area contributed by atoms with Crippen molar-refractivity contribution in [1.82, 2.24) is 14.8 Å². The van der Waals surface area contributed by atoms with Gasteiger partial charge < -0.3 is 20.1 Å². The molecule has 1 aromatic carbocycles. The van der Waals surface area contributed by atoms with E-state index in [0.29, 0.717) is 12.1 Å². The minimum absolute atomic E-state index is 0.0800. The van der Waals surface area contributed by atoms with E-state index in [2.05, 4.69) is 51.6 Å². The summed E-state index contributed by atoms with van der Waals surface area (Å²) in [5.74, 6) is -0.0280. The fourth-order valence-corrected chi connectivity index (χ4v) is 4.57. The number of fused-ring (bicyclic) bond motifs is 2. The highest BCUT2D eigenvalue weighted by Gasteiger charge is 2.33. The molecule has 0 spiro atoms. The van der Waals surface area contributed by atoms with Gasteiger partial charge in [0, 0.05) is 39.3 Å². The molecule has 1 aromatic heterocycles. The number of H-pyrrole nitrogens is 1. The van der Waals surface area contributed by atoms with Gasteiger partial charge in [-0.15, -0.1) is 0 Å². The molecule has 2 aliphatic rings. The summed E-state index contributed by atoms with van der Waals surface area (Å²) in [4.78, 5) is 33.1. The number of nitrogens with zero attached hydrogens (tertiary/aromatic N) is 2. The fourth-order valence-electron chi connectivity index (χ4n) is 4.08. The first-order valence-electron chi connectivity index (χ1n) is 9.99. The van der Waals surface area contributed by atoms with E-state index in [4.69, 9.17) is 0 Å². The lowest BCUT2D eigenvalue weighted by atomic mass is 10.0. The third kappa shape index (κ3) is 3.61. The Morgan fingerprint density at radius 3 is 2.69 bits per heavy atom. The van der Waals surface area contributed by atoms with E-state index in [1.807, 2.05) is 36.1 Å². The van der Waals surface area contributed by atoms with Crippen molar-refractivity contribution in [3.05, 3.63) is 49.8 Å². The van der Waals surface area contributed by atoms with E-state index in [1.54, 1.807) is 0 Å². The maximum Gasteiger partial charge on any atom is 0.256 e. The van der Waals surface area contributed by atoms with E-state index in [0.717, 1.165) is 63.5 Å². The zero-order chi connectivity index (χ0) is 20.7. The zero-order valence-electron chi connectivity index (χ0n) is 16.9. The van der Waals surface area contributed by atoms with Crippen LogP contribution in [0.15, 0.2) is 18.2 Å². The first kappa shape index (κ1) is 20.2. The van der Waals surface area contributed by atoms with Crippen LogP contribution in [-0.4, -0.2) is 52.8 Å². The summed E-state index contributed by atoms with van der Waals surface area (Å²) in [5, 5.41) is 2.91. The van der Waals surface area contributed by atoms with Crippen LogP contribution in [0.1, 0.15) is 46.7 Å². The topological polar surface area (TPSA) is 68.4 Å². The van der Waals surface area contributed by atoms with Crippen LogP contribution in [0.3, 0.4) is 0 Å². The first-order valence-corrected chi connectivity index (χ1v) is 11.1. The number of benzene rings is 1. The molecule has 0 unspecified atom stereocenters. The molecule has 0 fully saturated rings. The monoisotopic (exact) mass is 504 g/mol. The van der Waals surface area contributed by atoms with Gasteiger partial charge in [0.15, 0.2) is 0 Å². The van der Waals surface area contributed by atoms with Gasteiger partial charge in [-0.05, 0) is 72.4 Å². The average Bonchev–Trinajstić information content (AvgIpc) is 3.29. The molecule has 0 saturated heterocycles. The number of halogens is 1. The quantitative estimate of drug-likeness (QED) is 0.466. The van der Waals surface area contributed by atoms with Gasteiger partial charge in [-0.1, -0.05) is 13.8 Å². The Morgan fingerprint density at radius 2 is 2.00 bits per heavy atom. The molecular formula is C22H25IN4O2. The lowest BCUT2D eigenvalue weighted by molar-refractivity contribution is -0.110. The van der Waals surface area contributed by atoms with Crippen LogP contribution in [0.2, 0.25) is 0 Å². The number of likely N-dealkylation sites (N-methyl/N-ethyl adjacent to an activating group) is 1. The Kier molecular flexibility index (Phi) is 5.52. The lowest BCUT2D eigenvalue weighted by Crippen LogP contribution is -2.35. The number of nitrogens with one attached hydrogen (secondary N) is 2. The number of aromatic nitrogens is 1. The first-order chi connectivity index (χ1) is 13.9. The Balaban J connectivity index is 1.59. The SMILES string of the molecule is CCN(CC)CCN1Cc2[nH]c(/C=C3\C(=O)Nc4ccc(I)cc43)c(C)c2C1=O. The van der Waals surface area contributed by atoms with E-state index in [1.165, 1.54) is 0 Å². The highest BCUT2D eigenvalue weighted by molar-refractivity contribution is 14.1. The number of carbonyl (C=O) groups excluding carboxylic acids is 2. The number of anilines is 1. The van der Waals surface area contributed by atoms with Gasteiger partial charge in [-0.25, -0.2) is 0 Å². The number of rotatable bonds is 6. The van der Waals surface area contributed by atoms with E-state index in [-0.39, 0.29) is 11.8 Å². The van der Waals surface area contributed by atoms with Crippen LogP contribution in [0.25, 0.3) is 11.6 Å². The molecule has 7 heteroatoms. The van der Waals surface area contributed by atoms with Crippen molar-refractivity contribution >= 4 is 51.7 Å². The second-order valence-electron chi connectivity index (χ2n) is 7.47. The van der Waals surface area contributed by atoms with Crippen LogP contribution in [0, 0.1) is 10.5 Å². The molecule has 0 bridgehead atoms. The Hall–Kier alpha value is -2.13. The number of carbonyl (C=O) groups is 2. The summed E-state index contributed by atoms with van der Waals surface area (Å²) in [7, 11) is 0. The highest BCUT2D eigenvalue weighted by Crippen LogP contribution is 2.36. The van der Waals surface area contributed by atoms with Gasteiger partial charge in [0.1, 0.15) is 0 Å². The van der Waals surface area contributed by atoms with Crippen molar-refractivity contribution in [3.63, 3.8) is 0 Å². The molecule has 2 aliphatic heterocycles. The summed E-state index contributed by atoms with van der Waals surface area (Å²) in [6.45, 7) is 10.4. The molecule has 29 heavy (non-hydrogen) atoms. The summed E-state index contributed by atoms with van der Waals surface area (Å²) in [6.07, 6.45) is 1.87. The van der Waals surface area contributed by atoms with Crippen molar-refractivity contribution in [2.24, 2.45) is 0 Å². The minimum Gasteiger partial charge on any atom is -0.357 e. The fraction of sp³-hybridized carbons (Fsp3) is 0.364. The third-order valence-corrected chi connectivity index (χ3v) is 6.52. The van der Waals surface area contributed by atoms with Gasteiger partial charge in [-0.2, -0.15) is 0 Å². The van der Waals surface area contributed by atoms with E-state index < -0.39 is 0 Å². The van der Waals surface area contributed by atoms with Crippen molar-refractivity contribution in [2.75, 3.05) is 31.5 Å². The maximum absolute atomic E-state index is 13.0. The van der Waals surface area contributed by atoms with Gasteiger partial charge in [0.05, 0.1) is 17.7 Å². The van der Waals surface area contributed by atoms with Crippen molar-refractivity contribution in [2.45, 2.75) is 27.3 Å². The van der Waals surface area contributed by atoms with Crippen LogP contribution < -0.4 is 5.32 Å². The van der Waals surface area contributed by atoms with Gasteiger partial charge >= 0.3 is 0 Å². The molecule has 0 saturated carbocycles.